The van der Waals surface area contributed by atoms with E-state index in [9.17, 15) is 4.79 Å². The summed E-state index contributed by atoms with van der Waals surface area (Å²) in [5.74, 6) is -0.231. The minimum atomic E-state index is -0.231. The van der Waals surface area contributed by atoms with Gasteiger partial charge in [-0.15, -0.1) is 0 Å². The fraction of sp³-hybridized carbons (Fsp3) is 0.875. The molecule has 0 heterocycles. The number of carbonyl (C=O) groups is 1. The van der Waals surface area contributed by atoms with Gasteiger partial charge in [0, 0.05) is 13.0 Å². The first kappa shape index (κ1) is 11.4. The number of amides is 1. The normalized spacial score (nSPS) is 10.1. The summed E-state index contributed by atoms with van der Waals surface area (Å²) in [7, 11) is 0. The fourth-order valence-corrected chi connectivity index (χ4v) is 0.878. The van der Waals surface area contributed by atoms with Crippen LogP contribution in [0.15, 0.2) is 0 Å². The van der Waals surface area contributed by atoms with Gasteiger partial charge in [-0.1, -0.05) is 0 Å². The summed E-state index contributed by atoms with van der Waals surface area (Å²) in [6.07, 6.45) is 3.08. The smallest absolute Gasteiger partial charge is 0.217 e. The van der Waals surface area contributed by atoms with E-state index in [1.807, 2.05) is 0 Å². The molecule has 12 heavy (non-hydrogen) atoms. The van der Waals surface area contributed by atoms with Crippen LogP contribution >= 0.6 is 0 Å². The highest BCUT2D eigenvalue weighted by atomic mass is 16.3. The highest BCUT2D eigenvalue weighted by Gasteiger charge is 1.93. The maximum absolute atomic E-state index is 10.3. The van der Waals surface area contributed by atoms with Gasteiger partial charge in [0.05, 0.1) is 0 Å². The Morgan fingerprint density at radius 2 is 1.92 bits per heavy atom. The van der Waals surface area contributed by atoms with Crippen LogP contribution in [0.3, 0.4) is 0 Å². The molecule has 4 N–H and O–H groups in total. The lowest BCUT2D eigenvalue weighted by molar-refractivity contribution is -0.118. The molecule has 0 bridgehead atoms. The van der Waals surface area contributed by atoms with Crippen molar-refractivity contribution < 1.29 is 9.90 Å². The lowest BCUT2D eigenvalue weighted by Crippen LogP contribution is -2.18. The number of nitrogens with two attached hydrogens (primary N) is 1. The van der Waals surface area contributed by atoms with Crippen LogP contribution in [-0.2, 0) is 4.79 Å². The molecule has 0 fully saturated rings. The van der Waals surface area contributed by atoms with E-state index >= 15 is 0 Å². The number of hydrogen-bond acceptors (Lipinski definition) is 3. The minimum absolute atomic E-state index is 0.230. The largest absolute Gasteiger partial charge is 0.396 e. The Bertz CT molecular complexity index is 118. The van der Waals surface area contributed by atoms with Gasteiger partial charge in [-0.3, -0.25) is 4.79 Å². The zero-order valence-electron chi connectivity index (χ0n) is 7.38. The van der Waals surface area contributed by atoms with E-state index in [4.69, 9.17) is 10.8 Å². The van der Waals surface area contributed by atoms with Crippen molar-refractivity contribution in [2.45, 2.75) is 25.7 Å². The van der Waals surface area contributed by atoms with Crippen LogP contribution in [-0.4, -0.2) is 30.7 Å². The average molecular weight is 174 g/mol. The molecule has 0 saturated carbocycles. The SMILES string of the molecule is NC(=O)CCCCNCCCO. The van der Waals surface area contributed by atoms with E-state index in [0.29, 0.717) is 6.42 Å². The van der Waals surface area contributed by atoms with Gasteiger partial charge in [0.15, 0.2) is 0 Å². The first-order valence-corrected chi connectivity index (χ1v) is 4.37. The Hall–Kier alpha value is -0.610. The van der Waals surface area contributed by atoms with Crippen molar-refractivity contribution in [1.82, 2.24) is 5.32 Å². The van der Waals surface area contributed by atoms with Crippen LogP contribution in [0.2, 0.25) is 0 Å². The summed E-state index contributed by atoms with van der Waals surface area (Å²) in [5, 5.41) is 11.6. The molecule has 0 unspecified atom stereocenters. The van der Waals surface area contributed by atoms with Crippen LogP contribution in [0.5, 0.6) is 0 Å². The number of unbranched alkanes of at least 4 members (excludes halogenated alkanes) is 1. The van der Waals surface area contributed by atoms with Crippen LogP contribution < -0.4 is 11.1 Å². The molecule has 0 radical (unpaired) electrons. The molecule has 0 rings (SSSR count). The summed E-state index contributed by atoms with van der Waals surface area (Å²) in [4.78, 5) is 10.3. The van der Waals surface area contributed by atoms with E-state index in [1.165, 1.54) is 0 Å². The van der Waals surface area contributed by atoms with E-state index in [-0.39, 0.29) is 12.5 Å². The van der Waals surface area contributed by atoms with Gasteiger partial charge in [0.25, 0.3) is 0 Å². The van der Waals surface area contributed by atoms with E-state index in [1.54, 1.807) is 0 Å². The first-order valence-electron chi connectivity index (χ1n) is 4.37. The van der Waals surface area contributed by atoms with Crippen molar-refractivity contribution in [3.63, 3.8) is 0 Å². The van der Waals surface area contributed by atoms with Crippen molar-refractivity contribution in [3.8, 4) is 0 Å². The number of hydrogen-bond donors (Lipinski definition) is 3. The molecule has 0 atom stereocenters. The van der Waals surface area contributed by atoms with Crippen molar-refractivity contribution in [3.05, 3.63) is 0 Å². The van der Waals surface area contributed by atoms with E-state index < -0.39 is 0 Å². The highest BCUT2D eigenvalue weighted by Crippen LogP contribution is 1.91. The zero-order valence-corrected chi connectivity index (χ0v) is 7.38. The lowest BCUT2D eigenvalue weighted by atomic mass is 10.2. The fourth-order valence-electron chi connectivity index (χ4n) is 0.878. The predicted molar refractivity (Wildman–Crippen MR) is 47.6 cm³/mol. The van der Waals surface area contributed by atoms with Crippen molar-refractivity contribution in [1.29, 1.82) is 0 Å². The van der Waals surface area contributed by atoms with Crippen molar-refractivity contribution >= 4 is 5.91 Å². The van der Waals surface area contributed by atoms with Crippen LogP contribution in [0.1, 0.15) is 25.7 Å². The second kappa shape index (κ2) is 8.49. The molecule has 72 valence electrons. The molecule has 4 heteroatoms. The van der Waals surface area contributed by atoms with Crippen LogP contribution in [0.4, 0.5) is 0 Å². The molecular formula is C8H18N2O2. The molecular weight excluding hydrogens is 156 g/mol. The number of aliphatic hydroxyl groups excluding tert-OH is 1. The van der Waals surface area contributed by atoms with Gasteiger partial charge < -0.3 is 16.2 Å². The van der Waals surface area contributed by atoms with Crippen LogP contribution in [0, 0.1) is 0 Å². The Balaban J connectivity index is 2.86. The average Bonchev–Trinajstić information content (AvgIpc) is 2.02. The molecule has 0 saturated heterocycles. The summed E-state index contributed by atoms with van der Waals surface area (Å²) >= 11 is 0. The maximum atomic E-state index is 10.3. The second-order valence-corrected chi connectivity index (χ2v) is 2.75. The molecule has 4 nitrogen and oxygen atoms in total. The predicted octanol–water partition coefficient (Wildman–Crippen LogP) is -0.386. The highest BCUT2D eigenvalue weighted by molar-refractivity contribution is 5.73. The molecule has 1 amide bonds. The van der Waals surface area contributed by atoms with Crippen molar-refractivity contribution in [2.75, 3.05) is 19.7 Å². The summed E-state index contributed by atoms with van der Waals surface area (Å²) in [6, 6.07) is 0. The summed E-state index contributed by atoms with van der Waals surface area (Å²) in [6.45, 7) is 1.97. The Labute approximate surface area is 73.1 Å². The first-order chi connectivity index (χ1) is 5.77. The number of carbonyl (C=O) groups excluding carboxylic acids is 1. The van der Waals surface area contributed by atoms with Crippen LogP contribution in [0.25, 0.3) is 0 Å². The monoisotopic (exact) mass is 174 g/mol. The standard InChI is InChI=1S/C8H18N2O2/c9-8(12)4-1-2-5-10-6-3-7-11/h10-11H,1-7H2,(H2,9,12). The Morgan fingerprint density at radius 1 is 1.25 bits per heavy atom. The minimum Gasteiger partial charge on any atom is -0.396 e. The molecule has 0 spiro atoms. The third-order valence-electron chi connectivity index (χ3n) is 1.54. The molecule has 0 aromatic rings. The third kappa shape index (κ3) is 9.39. The van der Waals surface area contributed by atoms with E-state index in [2.05, 4.69) is 5.32 Å². The lowest BCUT2D eigenvalue weighted by Gasteiger charge is -2.01. The number of primary amides is 1. The van der Waals surface area contributed by atoms with Gasteiger partial charge in [-0.2, -0.15) is 0 Å². The van der Waals surface area contributed by atoms with Gasteiger partial charge >= 0.3 is 0 Å². The quantitative estimate of drug-likeness (QED) is 0.439. The molecule has 0 aliphatic heterocycles. The molecule has 0 aliphatic rings. The number of aliphatic hydroxyl groups is 1. The topological polar surface area (TPSA) is 75.4 Å². The number of nitrogens with one attached hydrogen (secondary N) is 1. The zero-order chi connectivity index (χ0) is 9.23. The number of rotatable bonds is 8. The Kier molecular flexibility index (Phi) is 8.05. The van der Waals surface area contributed by atoms with Gasteiger partial charge in [0.1, 0.15) is 0 Å². The second-order valence-electron chi connectivity index (χ2n) is 2.75. The summed E-state index contributed by atoms with van der Waals surface area (Å²) < 4.78 is 0. The van der Waals surface area contributed by atoms with Gasteiger partial charge in [0.2, 0.25) is 5.91 Å². The van der Waals surface area contributed by atoms with Crippen molar-refractivity contribution in [2.24, 2.45) is 5.73 Å². The molecule has 0 aromatic heterocycles. The summed E-state index contributed by atoms with van der Waals surface area (Å²) in [5.41, 5.74) is 4.96. The maximum Gasteiger partial charge on any atom is 0.217 e. The molecule has 0 aromatic carbocycles. The van der Waals surface area contributed by atoms with Gasteiger partial charge in [-0.25, -0.2) is 0 Å². The third-order valence-corrected chi connectivity index (χ3v) is 1.54. The Morgan fingerprint density at radius 3 is 2.50 bits per heavy atom. The van der Waals surface area contributed by atoms with Gasteiger partial charge in [-0.05, 0) is 32.4 Å². The van der Waals surface area contributed by atoms with E-state index in [0.717, 1.165) is 32.4 Å². The molecule has 0 aliphatic carbocycles.